The summed E-state index contributed by atoms with van der Waals surface area (Å²) in [4.78, 5) is 38.3. The van der Waals surface area contributed by atoms with E-state index in [1.165, 1.54) is 57.8 Å². The van der Waals surface area contributed by atoms with Gasteiger partial charge in [-0.25, -0.2) is 0 Å². The van der Waals surface area contributed by atoms with Crippen LogP contribution < -0.4 is 0 Å². The summed E-state index contributed by atoms with van der Waals surface area (Å²) in [6.07, 6.45) is 92.4. The first-order valence-corrected chi connectivity index (χ1v) is 31.0. The highest BCUT2D eigenvalue weighted by molar-refractivity contribution is 5.71. The fraction of sp³-hybridized carbons (Fsp3) is 0.592. The molecule has 0 aromatic heterocycles. The molecule has 0 saturated heterocycles. The Labute approximate surface area is 473 Å². The van der Waals surface area contributed by atoms with Crippen LogP contribution >= 0.6 is 0 Å². The van der Waals surface area contributed by atoms with Crippen LogP contribution in [0.1, 0.15) is 252 Å². The van der Waals surface area contributed by atoms with E-state index >= 15 is 0 Å². The summed E-state index contributed by atoms with van der Waals surface area (Å²) in [7, 11) is 0. The maximum absolute atomic E-state index is 12.9. The lowest BCUT2D eigenvalue weighted by molar-refractivity contribution is -0.167. The molecule has 0 aromatic rings. The first-order valence-electron chi connectivity index (χ1n) is 31.0. The molecule has 0 N–H and O–H groups in total. The van der Waals surface area contributed by atoms with Crippen LogP contribution in [0.15, 0.2) is 158 Å². The molecule has 0 aliphatic heterocycles. The van der Waals surface area contributed by atoms with Gasteiger partial charge in [-0.05, 0) is 141 Å². The van der Waals surface area contributed by atoms with Crippen molar-refractivity contribution >= 4 is 17.9 Å². The van der Waals surface area contributed by atoms with Gasteiger partial charge in [-0.2, -0.15) is 0 Å². The number of hydrogen-bond donors (Lipinski definition) is 0. The van der Waals surface area contributed by atoms with Gasteiger partial charge in [0.05, 0.1) is 0 Å². The topological polar surface area (TPSA) is 78.9 Å². The van der Waals surface area contributed by atoms with Crippen LogP contribution in [-0.4, -0.2) is 37.2 Å². The Hall–Kier alpha value is -4.97. The third-order valence-electron chi connectivity index (χ3n) is 12.5. The quantitative estimate of drug-likeness (QED) is 0.0261. The normalized spacial score (nSPS) is 13.2. The summed E-state index contributed by atoms with van der Waals surface area (Å²) >= 11 is 0. The number of carbonyl (C=O) groups excluding carboxylic acids is 3. The first-order chi connectivity index (χ1) is 38.0. The van der Waals surface area contributed by atoms with E-state index in [-0.39, 0.29) is 37.5 Å². The second-order valence-corrected chi connectivity index (χ2v) is 19.8. The van der Waals surface area contributed by atoms with Crippen LogP contribution in [0.4, 0.5) is 0 Å². The molecule has 0 bridgehead atoms. The molecule has 1 atom stereocenters. The largest absolute Gasteiger partial charge is 0.462 e. The van der Waals surface area contributed by atoms with Crippen molar-refractivity contribution in [3.63, 3.8) is 0 Å². The molecule has 77 heavy (non-hydrogen) atoms. The Morgan fingerprint density at radius 3 is 0.844 bits per heavy atom. The minimum Gasteiger partial charge on any atom is -0.462 e. The lowest BCUT2D eigenvalue weighted by Crippen LogP contribution is -2.30. The van der Waals surface area contributed by atoms with Crippen molar-refractivity contribution in [2.45, 2.75) is 258 Å². The molecule has 6 nitrogen and oxygen atoms in total. The molecular formula is C71H112O6. The SMILES string of the molecule is CC/C=C\C/C=C\C/C=C\C/C=C\C/C=C\C/C=C\C/C=C\CCCC(=O)OCC(COC(=O)CCCCCCC/C=C\C/C=C\CCCCC)OC(=O)CCCCCCCCCC/C=C\C/C=C\C/C=C\C/C=C\CC. The van der Waals surface area contributed by atoms with Crippen molar-refractivity contribution in [2.24, 2.45) is 0 Å². The second kappa shape index (κ2) is 63.6. The van der Waals surface area contributed by atoms with Gasteiger partial charge in [0.15, 0.2) is 6.10 Å². The van der Waals surface area contributed by atoms with Crippen molar-refractivity contribution in [3.05, 3.63) is 158 Å². The highest BCUT2D eigenvalue weighted by atomic mass is 16.6. The summed E-state index contributed by atoms with van der Waals surface area (Å²) in [5.74, 6) is -1.00. The fourth-order valence-corrected chi connectivity index (χ4v) is 7.92. The zero-order valence-electron chi connectivity index (χ0n) is 49.4. The molecule has 0 aromatic carbocycles. The van der Waals surface area contributed by atoms with Gasteiger partial charge in [-0.3, -0.25) is 14.4 Å². The molecule has 6 heteroatoms. The van der Waals surface area contributed by atoms with Gasteiger partial charge >= 0.3 is 17.9 Å². The molecule has 0 amide bonds. The van der Waals surface area contributed by atoms with Crippen molar-refractivity contribution < 1.29 is 28.6 Å². The van der Waals surface area contributed by atoms with Crippen molar-refractivity contribution in [1.82, 2.24) is 0 Å². The third-order valence-corrected chi connectivity index (χ3v) is 12.5. The Morgan fingerprint density at radius 2 is 0.519 bits per heavy atom. The van der Waals surface area contributed by atoms with Crippen LogP contribution in [0.2, 0.25) is 0 Å². The van der Waals surface area contributed by atoms with Gasteiger partial charge in [-0.15, -0.1) is 0 Å². The van der Waals surface area contributed by atoms with Gasteiger partial charge in [0.2, 0.25) is 0 Å². The minimum absolute atomic E-state index is 0.113. The van der Waals surface area contributed by atoms with Crippen molar-refractivity contribution in [3.8, 4) is 0 Å². The molecule has 1 unspecified atom stereocenters. The van der Waals surface area contributed by atoms with Gasteiger partial charge in [0.25, 0.3) is 0 Å². The van der Waals surface area contributed by atoms with E-state index in [4.69, 9.17) is 14.2 Å². The zero-order valence-corrected chi connectivity index (χ0v) is 49.4. The van der Waals surface area contributed by atoms with E-state index in [1.54, 1.807) is 0 Å². The molecule has 0 heterocycles. The van der Waals surface area contributed by atoms with Crippen LogP contribution in [0, 0.1) is 0 Å². The van der Waals surface area contributed by atoms with E-state index in [9.17, 15) is 14.4 Å². The summed E-state index contributed by atoms with van der Waals surface area (Å²) in [5.41, 5.74) is 0. The molecule has 0 fully saturated rings. The predicted octanol–water partition coefficient (Wildman–Crippen LogP) is 21.3. The van der Waals surface area contributed by atoms with Crippen LogP contribution in [-0.2, 0) is 28.6 Å². The Kier molecular flexibility index (Phi) is 59.5. The Morgan fingerprint density at radius 1 is 0.273 bits per heavy atom. The van der Waals surface area contributed by atoms with Gasteiger partial charge in [0.1, 0.15) is 13.2 Å². The summed E-state index contributed by atoms with van der Waals surface area (Å²) in [6.45, 7) is 6.31. The van der Waals surface area contributed by atoms with Crippen LogP contribution in [0.3, 0.4) is 0 Å². The highest BCUT2D eigenvalue weighted by Crippen LogP contribution is 2.14. The van der Waals surface area contributed by atoms with Crippen LogP contribution in [0.25, 0.3) is 0 Å². The third kappa shape index (κ3) is 61.8. The van der Waals surface area contributed by atoms with Gasteiger partial charge in [-0.1, -0.05) is 249 Å². The number of rotatable bonds is 54. The number of ether oxygens (including phenoxy) is 3. The van der Waals surface area contributed by atoms with Gasteiger partial charge < -0.3 is 14.2 Å². The molecule has 0 spiro atoms. The Balaban J connectivity index is 4.54. The summed E-state index contributed by atoms with van der Waals surface area (Å²) in [5, 5.41) is 0. The van der Waals surface area contributed by atoms with Gasteiger partial charge in [0, 0.05) is 19.3 Å². The standard InChI is InChI=1S/C71H112O6/c1-4-7-10-13-16-19-22-25-28-30-32-34-35-37-38-40-43-46-49-52-55-58-61-64-70(73)76-67-68(66-75-69(72)63-60-57-54-51-48-45-42-27-24-21-18-15-12-9-6-3)77-71(74)65-62-59-56-53-50-47-44-41-39-36-33-31-29-26-23-20-17-14-11-8-5-2/h7-8,10-11,16-21,25-29,32-34,36-38,42-43,46,52,55,68H,4-6,9,12-15,22-24,30-31,35,39-41,44-45,47-51,53-54,56-67H2,1-3H3/b10-7-,11-8-,19-16-,20-17-,21-18-,28-25-,29-26-,34-32-,36-33-,38-37-,42-27-,46-43-,55-52-. The monoisotopic (exact) mass is 1060 g/mol. The number of unbranched alkanes of at least 4 members (excludes halogenated alkanes) is 17. The maximum atomic E-state index is 12.9. The van der Waals surface area contributed by atoms with Crippen LogP contribution in [0.5, 0.6) is 0 Å². The Bertz CT molecular complexity index is 1740. The number of carbonyl (C=O) groups is 3. The maximum Gasteiger partial charge on any atom is 0.306 e. The molecular weight excluding hydrogens is 949 g/mol. The number of esters is 3. The predicted molar refractivity (Wildman–Crippen MR) is 334 cm³/mol. The minimum atomic E-state index is -0.821. The second-order valence-electron chi connectivity index (χ2n) is 19.8. The summed E-state index contributed by atoms with van der Waals surface area (Å²) < 4.78 is 16.8. The molecule has 0 saturated carbocycles. The first kappa shape index (κ1) is 72.0. The lowest BCUT2D eigenvalue weighted by Gasteiger charge is -2.18. The average Bonchev–Trinajstić information content (AvgIpc) is 3.43. The number of hydrogen-bond acceptors (Lipinski definition) is 6. The number of allylic oxidation sites excluding steroid dienone is 26. The average molecular weight is 1060 g/mol. The smallest absolute Gasteiger partial charge is 0.306 e. The fourth-order valence-electron chi connectivity index (χ4n) is 7.92. The van der Waals surface area contributed by atoms with E-state index in [2.05, 4.69) is 179 Å². The van der Waals surface area contributed by atoms with E-state index in [0.29, 0.717) is 19.3 Å². The molecule has 0 radical (unpaired) electrons. The van der Waals surface area contributed by atoms with E-state index in [1.807, 2.05) is 0 Å². The van der Waals surface area contributed by atoms with E-state index in [0.717, 1.165) is 148 Å². The molecule has 432 valence electrons. The lowest BCUT2D eigenvalue weighted by atomic mass is 10.1. The molecule has 0 aliphatic rings. The summed E-state index contributed by atoms with van der Waals surface area (Å²) in [6, 6.07) is 0. The van der Waals surface area contributed by atoms with Crippen molar-refractivity contribution in [2.75, 3.05) is 13.2 Å². The van der Waals surface area contributed by atoms with Crippen molar-refractivity contribution in [1.29, 1.82) is 0 Å². The highest BCUT2D eigenvalue weighted by Gasteiger charge is 2.19. The zero-order chi connectivity index (χ0) is 55.7. The molecule has 0 rings (SSSR count). The molecule has 0 aliphatic carbocycles. The van der Waals surface area contributed by atoms with E-state index < -0.39 is 6.10 Å².